The van der Waals surface area contributed by atoms with Gasteiger partial charge in [-0.05, 0) is 108 Å². The maximum atomic E-state index is 2.56. The van der Waals surface area contributed by atoms with Crippen molar-refractivity contribution >= 4 is 86.7 Å². The molecule has 0 aliphatic rings. The van der Waals surface area contributed by atoms with Gasteiger partial charge in [0.25, 0.3) is 0 Å². The maximum Gasteiger partial charge on any atom is 0.0549 e. The molecule has 2 heterocycles. The number of aromatic nitrogens is 2. The molecule has 2 heteroatoms. The van der Waals surface area contributed by atoms with Crippen LogP contribution in [-0.4, -0.2) is 9.13 Å². The molecular weight excluding hydrogens is 701 g/mol. The topological polar surface area (TPSA) is 9.86 Å². The van der Waals surface area contributed by atoms with Gasteiger partial charge in [-0.2, -0.15) is 0 Å². The van der Waals surface area contributed by atoms with Crippen LogP contribution in [0.3, 0.4) is 0 Å². The average Bonchev–Trinajstić information content (AvgIpc) is 3.82. The Balaban J connectivity index is 1.23. The number of nitrogens with zero attached hydrogens (tertiary/aromatic N) is 2. The fraction of sp³-hybridized carbons (Fsp3) is 0. The number of fused-ring (bicyclic) bond motifs is 6. The van der Waals surface area contributed by atoms with E-state index in [-0.39, 0.29) is 0 Å². The molecule has 2 nitrogen and oxygen atoms in total. The molecular formula is C56H34N2. The first kappa shape index (κ1) is 31.5. The van der Waals surface area contributed by atoms with Gasteiger partial charge in [-0.1, -0.05) is 158 Å². The van der Waals surface area contributed by atoms with Gasteiger partial charge in [-0.3, -0.25) is 0 Å². The number of hydrogen-bond donors (Lipinski definition) is 0. The monoisotopic (exact) mass is 734 g/mol. The SMILES string of the molecule is c1ccc(-c2cccc(-n3c4cccc5c6ccccc6c6cccc7c6c6c(c54)c3ccc6n7-c3cc4ccc5ccccc5c4cc3-c3ccccc3)c2)cc1. The van der Waals surface area contributed by atoms with Crippen LogP contribution in [0.1, 0.15) is 0 Å². The predicted molar refractivity (Wildman–Crippen MR) is 247 cm³/mol. The Morgan fingerprint density at radius 1 is 0.259 bits per heavy atom. The van der Waals surface area contributed by atoms with E-state index >= 15 is 0 Å². The zero-order valence-corrected chi connectivity index (χ0v) is 31.5. The van der Waals surface area contributed by atoms with Crippen molar-refractivity contribution in [3.05, 3.63) is 206 Å². The Labute approximate surface area is 334 Å². The summed E-state index contributed by atoms with van der Waals surface area (Å²) in [6, 6.07) is 76.4. The van der Waals surface area contributed by atoms with Crippen LogP contribution < -0.4 is 0 Å². The van der Waals surface area contributed by atoms with Gasteiger partial charge in [0.1, 0.15) is 0 Å². The van der Waals surface area contributed by atoms with E-state index < -0.39 is 0 Å². The second kappa shape index (κ2) is 11.9. The van der Waals surface area contributed by atoms with Crippen molar-refractivity contribution in [2.45, 2.75) is 0 Å². The van der Waals surface area contributed by atoms with Gasteiger partial charge in [-0.25, -0.2) is 0 Å². The van der Waals surface area contributed by atoms with E-state index in [1.807, 2.05) is 0 Å². The fourth-order valence-corrected chi connectivity index (χ4v) is 10.2. The summed E-state index contributed by atoms with van der Waals surface area (Å²) < 4.78 is 5.05. The third kappa shape index (κ3) is 4.32. The third-order valence-electron chi connectivity index (χ3n) is 12.6. The van der Waals surface area contributed by atoms with E-state index in [0.29, 0.717) is 0 Å². The quantitative estimate of drug-likeness (QED) is 0.159. The molecule has 0 spiro atoms. The zero-order chi connectivity index (χ0) is 37.9. The smallest absolute Gasteiger partial charge is 0.0549 e. The lowest BCUT2D eigenvalue weighted by atomic mass is 9.95. The molecule has 0 radical (unpaired) electrons. The third-order valence-corrected chi connectivity index (χ3v) is 12.6. The summed E-state index contributed by atoms with van der Waals surface area (Å²) in [5.41, 5.74) is 12.0. The largest absolute Gasteiger partial charge is 0.309 e. The van der Waals surface area contributed by atoms with Crippen LogP contribution in [0.25, 0.3) is 120 Å². The van der Waals surface area contributed by atoms with Crippen LogP contribution in [0.5, 0.6) is 0 Å². The van der Waals surface area contributed by atoms with E-state index in [1.54, 1.807) is 0 Å². The van der Waals surface area contributed by atoms with Crippen LogP contribution in [0.2, 0.25) is 0 Å². The summed E-state index contributed by atoms with van der Waals surface area (Å²) in [5.74, 6) is 0. The van der Waals surface area contributed by atoms with Crippen LogP contribution in [0.4, 0.5) is 0 Å². The molecule has 0 aliphatic carbocycles. The first-order valence-corrected chi connectivity index (χ1v) is 20.1. The molecule has 0 unspecified atom stereocenters. The predicted octanol–water partition coefficient (Wildman–Crippen LogP) is 15.3. The lowest BCUT2D eigenvalue weighted by Crippen LogP contribution is -1.98. The first-order chi connectivity index (χ1) is 28.8. The van der Waals surface area contributed by atoms with Crippen LogP contribution in [0, 0.1) is 0 Å². The van der Waals surface area contributed by atoms with Crippen molar-refractivity contribution in [3.8, 4) is 33.6 Å². The van der Waals surface area contributed by atoms with Crippen molar-refractivity contribution < 1.29 is 0 Å². The summed E-state index contributed by atoms with van der Waals surface area (Å²) in [7, 11) is 0. The van der Waals surface area contributed by atoms with Gasteiger partial charge in [-0.15, -0.1) is 0 Å². The Morgan fingerprint density at radius 3 is 1.48 bits per heavy atom. The number of rotatable bonds is 4. The van der Waals surface area contributed by atoms with E-state index in [9.17, 15) is 0 Å². The van der Waals surface area contributed by atoms with E-state index in [1.165, 1.54) is 115 Å². The van der Waals surface area contributed by atoms with E-state index in [2.05, 4.69) is 215 Å². The Hall–Kier alpha value is -7.68. The molecule has 0 saturated carbocycles. The van der Waals surface area contributed by atoms with Crippen LogP contribution in [-0.2, 0) is 0 Å². The normalized spacial score (nSPS) is 12.1. The van der Waals surface area contributed by atoms with Gasteiger partial charge in [0.2, 0.25) is 0 Å². The molecule has 13 aromatic rings. The Bertz CT molecular complexity index is 3770. The summed E-state index contributed by atoms with van der Waals surface area (Å²) >= 11 is 0. The summed E-state index contributed by atoms with van der Waals surface area (Å²) in [5, 5.41) is 15.2. The molecule has 11 aromatic carbocycles. The van der Waals surface area contributed by atoms with Crippen molar-refractivity contribution in [2.24, 2.45) is 0 Å². The Morgan fingerprint density at radius 2 is 0.776 bits per heavy atom. The summed E-state index contributed by atoms with van der Waals surface area (Å²) in [6.07, 6.45) is 0. The maximum absolute atomic E-state index is 2.56. The molecule has 0 fully saturated rings. The minimum Gasteiger partial charge on any atom is -0.309 e. The molecule has 58 heavy (non-hydrogen) atoms. The van der Waals surface area contributed by atoms with Crippen molar-refractivity contribution in [2.75, 3.05) is 0 Å². The molecule has 2 aromatic heterocycles. The minimum absolute atomic E-state index is 1.16. The minimum atomic E-state index is 1.16. The molecule has 0 bridgehead atoms. The highest BCUT2D eigenvalue weighted by Crippen LogP contribution is 2.49. The van der Waals surface area contributed by atoms with Crippen molar-refractivity contribution in [3.63, 3.8) is 0 Å². The molecule has 0 saturated heterocycles. The molecule has 0 N–H and O–H groups in total. The van der Waals surface area contributed by atoms with Gasteiger partial charge < -0.3 is 9.13 Å². The lowest BCUT2D eigenvalue weighted by Gasteiger charge is -2.17. The zero-order valence-electron chi connectivity index (χ0n) is 31.5. The Kier molecular flexibility index (Phi) is 6.47. The molecule has 0 amide bonds. The highest BCUT2D eigenvalue weighted by Gasteiger charge is 2.25. The standard InChI is InChI=1S/C56H34N2/c1-3-14-35(15-4-1)38-19-11-20-40(32-38)57-48-26-12-24-44-42-22-9-10-23-43(42)45-25-13-27-49-54(45)56-51(31-30-50(57)55(56)53(44)48)58(49)52-33-39-29-28-37-18-7-8-21-41(37)46(39)34-47(52)36-16-5-2-6-17-36/h1-34H. The second-order valence-electron chi connectivity index (χ2n) is 15.6. The highest BCUT2D eigenvalue weighted by molar-refractivity contribution is 6.39. The number of hydrogen-bond acceptors (Lipinski definition) is 0. The molecule has 268 valence electrons. The van der Waals surface area contributed by atoms with Crippen molar-refractivity contribution in [1.82, 2.24) is 9.13 Å². The average molecular weight is 735 g/mol. The van der Waals surface area contributed by atoms with Gasteiger partial charge in [0.15, 0.2) is 0 Å². The van der Waals surface area contributed by atoms with Crippen LogP contribution in [0.15, 0.2) is 206 Å². The van der Waals surface area contributed by atoms with Crippen molar-refractivity contribution in [1.29, 1.82) is 0 Å². The van der Waals surface area contributed by atoms with E-state index in [0.717, 1.165) is 5.69 Å². The highest BCUT2D eigenvalue weighted by atomic mass is 15.0. The van der Waals surface area contributed by atoms with Crippen LogP contribution >= 0.6 is 0 Å². The summed E-state index contributed by atoms with van der Waals surface area (Å²) in [6.45, 7) is 0. The molecule has 0 aliphatic heterocycles. The number of benzene rings is 10. The van der Waals surface area contributed by atoms with Gasteiger partial charge in [0, 0.05) is 32.8 Å². The second-order valence-corrected chi connectivity index (χ2v) is 15.6. The first-order valence-electron chi connectivity index (χ1n) is 20.1. The van der Waals surface area contributed by atoms with E-state index in [4.69, 9.17) is 0 Å². The summed E-state index contributed by atoms with van der Waals surface area (Å²) in [4.78, 5) is 0. The molecule has 13 rings (SSSR count). The molecule has 0 atom stereocenters. The van der Waals surface area contributed by atoms with Gasteiger partial charge in [0.05, 0.1) is 27.8 Å². The van der Waals surface area contributed by atoms with Gasteiger partial charge >= 0.3 is 0 Å². The fourth-order valence-electron chi connectivity index (χ4n) is 10.2. The lowest BCUT2D eigenvalue weighted by molar-refractivity contribution is 1.18.